The number of rotatable bonds is 6. The highest BCUT2D eigenvalue weighted by Gasteiger charge is 2.13. The molecule has 4 rings (SSSR count). The summed E-state index contributed by atoms with van der Waals surface area (Å²) >= 11 is 0. The van der Waals surface area contributed by atoms with Crippen molar-refractivity contribution >= 4 is 22.6 Å². The van der Waals surface area contributed by atoms with Gasteiger partial charge in [-0.15, -0.1) is 0 Å². The predicted octanol–water partition coefficient (Wildman–Crippen LogP) is 3.89. The van der Waals surface area contributed by atoms with E-state index in [4.69, 9.17) is 9.72 Å². The number of hydrogen-bond donors (Lipinski definition) is 2. The molecular formula is C24H22N4O3. The maximum Gasteiger partial charge on any atom is 0.319 e. The molecule has 4 aromatic rings. The van der Waals surface area contributed by atoms with Crippen LogP contribution >= 0.6 is 0 Å². The summed E-state index contributed by atoms with van der Waals surface area (Å²) in [5, 5.41) is 6.09. The van der Waals surface area contributed by atoms with Crippen molar-refractivity contribution in [2.45, 2.75) is 6.54 Å². The Morgan fingerprint density at radius 2 is 1.68 bits per heavy atom. The SMILES string of the molecule is COc1ccc(-c2nc3ccccc3c(=O)n2CCNC(=O)Nc2ccccc2)cc1. The molecule has 1 aromatic heterocycles. The van der Waals surface area contributed by atoms with Crippen LogP contribution in [0, 0.1) is 0 Å². The van der Waals surface area contributed by atoms with Crippen LogP contribution in [0.1, 0.15) is 0 Å². The topological polar surface area (TPSA) is 85.2 Å². The summed E-state index contributed by atoms with van der Waals surface area (Å²) in [5.41, 5.74) is 1.96. The Labute approximate surface area is 179 Å². The number of aromatic nitrogens is 2. The van der Waals surface area contributed by atoms with Gasteiger partial charge in [0.2, 0.25) is 0 Å². The van der Waals surface area contributed by atoms with Gasteiger partial charge in [-0.1, -0.05) is 30.3 Å². The third kappa shape index (κ3) is 4.56. The Balaban J connectivity index is 1.60. The number of ether oxygens (including phenoxy) is 1. The number of amides is 2. The van der Waals surface area contributed by atoms with Gasteiger partial charge in [-0.25, -0.2) is 9.78 Å². The normalized spacial score (nSPS) is 10.6. The van der Waals surface area contributed by atoms with Crippen LogP contribution in [0.3, 0.4) is 0 Å². The molecule has 7 nitrogen and oxygen atoms in total. The fourth-order valence-corrected chi connectivity index (χ4v) is 3.31. The van der Waals surface area contributed by atoms with Gasteiger partial charge in [-0.05, 0) is 48.5 Å². The smallest absolute Gasteiger partial charge is 0.319 e. The summed E-state index contributed by atoms with van der Waals surface area (Å²) in [6.45, 7) is 0.544. The predicted molar refractivity (Wildman–Crippen MR) is 121 cm³/mol. The molecule has 0 aliphatic heterocycles. The second kappa shape index (κ2) is 9.13. The maximum absolute atomic E-state index is 13.2. The quantitative estimate of drug-likeness (QED) is 0.501. The second-order valence-electron chi connectivity index (χ2n) is 6.88. The summed E-state index contributed by atoms with van der Waals surface area (Å²) in [6.07, 6.45) is 0. The maximum atomic E-state index is 13.2. The van der Waals surface area contributed by atoms with Gasteiger partial charge < -0.3 is 15.4 Å². The Morgan fingerprint density at radius 3 is 2.42 bits per heavy atom. The fourth-order valence-electron chi connectivity index (χ4n) is 3.31. The molecule has 0 atom stereocenters. The number of carbonyl (C=O) groups is 1. The van der Waals surface area contributed by atoms with Gasteiger partial charge in [0.25, 0.3) is 5.56 Å². The van der Waals surface area contributed by atoms with Crippen molar-refractivity contribution in [2.24, 2.45) is 0 Å². The van der Waals surface area contributed by atoms with Gasteiger partial charge in [0.1, 0.15) is 11.6 Å². The van der Waals surface area contributed by atoms with Crippen molar-refractivity contribution in [2.75, 3.05) is 19.0 Å². The molecule has 3 aromatic carbocycles. The highest BCUT2D eigenvalue weighted by Crippen LogP contribution is 2.21. The third-order valence-electron chi connectivity index (χ3n) is 4.86. The molecule has 0 saturated carbocycles. The zero-order valence-corrected chi connectivity index (χ0v) is 17.0. The standard InChI is InChI=1S/C24H22N4O3/c1-31-19-13-11-17(12-14-19)22-27-21-10-6-5-9-20(21)23(29)28(22)16-15-25-24(30)26-18-7-3-2-4-8-18/h2-14H,15-16H2,1H3,(H2,25,26,30). The minimum atomic E-state index is -0.334. The van der Waals surface area contributed by atoms with Crippen LogP contribution in [-0.2, 0) is 6.54 Å². The molecule has 156 valence electrons. The Hall–Kier alpha value is -4.13. The zero-order chi connectivity index (χ0) is 21.6. The van der Waals surface area contributed by atoms with E-state index in [0.29, 0.717) is 22.4 Å². The first-order valence-corrected chi connectivity index (χ1v) is 9.89. The Morgan fingerprint density at radius 1 is 0.968 bits per heavy atom. The number of nitrogens with one attached hydrogen (secondary N) is 2. The van der Waals surface area contributed by atoms with Crippen molar-refractivity contribution in [1.82, 2.24) is 14.9 Å². The van der Waals surface area contributed by atoms with E-state index in [2.05, 4.69) is 10.6 Å². The van der Waals surface area contributed by atoms with Crippen LogP contribution in [0.25, 0.3) is 22.3 Å². The number of para-hydroxylation sites is 2. The summed E-state index contributed by atoms with van der Waals surface area (Å²) in [5.74, 6) is 1.26. The molecule has 7 heteroatoms. The second-order valence-corrected chi connectivity index (χ2v) is 6.88. The Bertz CT molecular complexity index is 1250. The van der Waals surface area contributed by atoms with Crippen molar-refractivity contribution in [3.05, 3.63) is 89.2 Å². The molecule has 2 amide bonds. The number of nitrogens with zero attached hydrogens (tertiary/aromatic N) is 2. The molecule has 2 N–H and O–H groups in total. The highest BCUT2D eigenvalue weighted by atomic mass is 16.5. The minimum Gasteiger partial charge on any atom is -0.497 e. The van der Waals surface area contributed by atoms with Crippen LogP contribution < -0.4 is 20.9 Å². The summed E-state index contributed by atoms with van der Waals surface area (Å²) < 4.78 is 6.82. The van der Waals surface area contributed by atoms with E-state index in [1.807, 2.05) is 60.7 Å². The van der Waals surface area contributed by atoms with E-state index < -0.39 is 0 Å². The Kier molecular flexibility index (Phi) is 5.93. The van der Waals surface area contributed by atoms with Crippen LogP contribution in [0.4, 0.5) is 10.5 Å². The van der Waals surface area contributed by atoms with E-state index in [0.717, 1.165) is 11.3 Å². The molecule has 0 radical (unpaired) electrons. The van der Waals surface area contributed by atoms with Crippen molar-refractivity contribution in [3.63, 3.8) is 0 Å². The molecular weight excluding hydrogens is 392 g/mol. The monoisotopic (exact) mass is 414 g/mol. The number of hydrogen-bond acceptors (Lipinski definition) is 4. The van der Waals surface area contributed by atoms with Crippen LogP contribution in [0.5, 0.6) is 5.75 Å². The zero-order valence-electron chi connectivity index (χ0n) is 17.0. The van der Waals surface area contributed by atoms with Crippen molar-refractivity contribution < 1.29 is 9.53 Å². The molecule has 0 bridgehead atoms. The van der Waals surface area contributed by atoms with E-state index in [9.17, 15) is 9.59 Å². The lowest BCUT2D eigenvalue weighted by Gasteiger charge is -2.15. The largest absolute Gasteiger partial charge is 0.497 e. The van der Waals surface area contributed by atoms with E-state index in [1.165, 1.54) is 0 Å². The number of fused-ring (bicyclic) bond motifs is 1. The summed E-state index contributed by atoms with van der Waals surface area (Å²) in [4.78, 5) is 30.1. The molecule has 0 spiro atoms. The lowest BCUT2D eigenvalue weighted by atomic mass is 10.1. The van der Waals surface area contributed by atoms with Crippen molar-refractivity contribution in [3.8, 4) is 17.1 Å². The van der Waals surface area contributed by atoms with E-state index >= 15 is 0 Å². The number of urea groups is 1. The molecule has 0 aliphatic carbocycles. The van der Waals surface area contributed by atoms with Gasteiger partial charge in [0.05, 0.1) is 18.0 Å². The van der Waals surface area contributed by atoms with E-state index in [1.54, 1.807) is 29.9 Å². The first-order valence-electron chi connectivity index (χ1n) is 9.89. The van der Waals surface area contributed by atoms with Gasteiger partial charge >= 0.3 is 6.03 Å². The average molecular weight is 414 g/mol. The number of methoxy groups -OCH3 is 1. The lowest BCUT2D eigenvalue weighted by molar-refractivity contribution is 0.251. The first kappa shape index (κ1) is 20.2. The average Bonchev–Trinajstić information content (AvgIpc) is 2.81. The third-order valence-corrected chi connectivity index (χ3v) is 4.86. The molecule has 0 saturated heterocycles. The molecule has 31 heavy (non-hydrogen) atoms. The molecule has 0 fully saturated rings. The van der Waals surface area contributed by atoms with Gasteiger partial charge in [0.15, 0.2) is 0 Å². The molecule has 0 aliphatic rings. The number of anilines is 1. The van der Waals surface area contributed by atoms with Gasteiger partial charge in [0, 0.05) is 24.3 Å². The minimum absolute atomic E-state index is 0.151. The van der Waals surface area contributed by atoms with E-state index in [-0.39, 0.29) is 24.7 Å². The molecule has 1 heterocycles. The molecule has 0 unspecified atom stereocenters. The van der Waals surface area contributed by atoms with Gasteiger partial charge in [-0.2, -0.15) is 0 Å². The summed E-state index contributed by atoms with van der Waals surface area (Å²) in [7, 11) is 1.60. The van der Waals surface area contributed by atoms with Crippen LogP contribution in [-0.4, -0.2) is 29.2 Å². The van der Waals surface area contributed by atoms with Crippen LogP contribution in [0.2, 0.25) is 0 Å². The lowest BCUT2D eigenvalue weighted by Crippen LogP contribution is -2.34. The van der Waals surface area contributed by atoms with Gasteiger partial charge in [-0.3, -0.25) is 9.36 Å². The number of benzene rings is 3. The highest BCUT2D eigenvalue weighted by molar-refractivity contribution is 5.89. The summed E-state index contributed by atoms with van der Waals surface area (Å²) in [6, 6.07) is 23.5. The number of carbonyl (C=O) groups excluding carboxylic acids is 1. The van der Waals surface area contributed by atoms with Crippen molar-refractivity contribution in [1.29, 1.82) is 0 Å². The first-order chi connectivity index (χ1) is 15.2. The van der Waals surface area contributed by atoms with Crippen LogP contribution in [0.15, 0.2) is 83.7 Å². The fraction of sp³-hybridized carbons (Fsp3) is 0.125.